The third-order valence-electron chi connectivity index (χ3n) is 5.40. The van der Waals surface area contributed by atoms with E-state index in [4.69, 9.17) is 14.2 Å². The molecule has 2 aromatic carbocycles. The van der Waals surface area contributed by atoms with Gasteiger partial charge in [0.05, 0.1) is 25.7 Å². The zero-order chi connectivity index (χ0) is 22.4. The van der Waals surface area contributed by atoms with Crippen molar-refractivity contribution in [2.75, 3.05) is 19.8 Å². The second kappa shape index (κ2) is 10.3. The molecule has 0 saturated carbocycles. The first-order valence-electron chi connectivity index (χ1n) is 10.7. The molecule has 1 N–H and O–H groups in total. The van der Waals surface area contributed by atoms with Crippen LogP contribution in [0.4, 0.5) is 0 Å². The molecule has 0 bridgehead atoms. The fraction of sp³-hybridized carbons (Fsp3) is 0.440. The topological polar surface area (TPSA) is 73.9 Å². The first-order valence-corrected chi connectivity index (χ1v) is 10.7. The molecular weight excluding hydrogens is 394 g/mol. The van der Waals surface area contributed by atoms with E-state index in [-0.39, 0.29) is 30.9 Å². The maximum atomic E-state index is 12.5. The average Bonchev–Trinajstić information content (AvgIpc) is 2.98. The molecule has 6 heteroatoms. The molecule has 0 unspecified atom stereocenters. The fourth-order valence-electron chi connectivity index (χ4n) is 3.50. The predicted octanol–water partition coefficient (Wildman–Crippen LogP) is 4.06. The van der Waals surface area contributed by atoms with Crippen LogP contribution < -0.4 is 14.8 Å². The molecule has 6 nitrogen and oxygen atoms in total. The minimum atomic E-state index is -0.421. The monoisotopic (exact) mass is 425 g/mol. The lowest BCUT2D eigenvalue weighted by atomic mass is 9.95. The zero-order valence-corrected chi connectivity index (χ0v) is 18.7. The van der Waals surface area contributed by atoms with Gasteiger partial charge >= 0.3 is 5.97 Å². The number of carbonyl (C=O) groups excluding carboxylic acids is 2. The van der Waals surface area contributed by atoms with Crippen molar-refractivity contribution in [2.45, 2.75) is 46.6 Å². The zero-order valence-electron chi connectivity index (χ0n) is 18.7. The lowest BCUT2D eigenvalue weighted by Crippen LogP contribution is -2.35. The summed E-state index contributed by atoms with van der Waals surface area (Å²) in [7, 11) is 0. The van der Waals surface area contributed by atoms with E-state index < -0.39 is 5.97 Å². The van der Waals surface area contributed by atoms with Crippen LogP contribution in [0, 0.1) is 19.8 Å². The second-order valence-corrected chi connectivity index (χ2v) is 8.30. The standard InChI is InChI=1S/C25H31NO5/c1-16(2)25(20-8-9-21-22(14-20)30-11-5-10-29-21)26-23(27)15-31-24(28)13-19-7-6-17(3)18(4)12-19/h6-9,12,14,16,25H,5,10-11,13,15H2,1-4H3,(H,26,27)/t25-/m0/s1. The Morgan fingerprint density at radius 3 is 2.45 bits per heavy atom. The number of esters is 1. The molecule has 0 radical (unpaired) electrons. The number of rotatable bonds is 7. The summed E-state index contributed by atoms with van der Waals surface area (Å²) in [5.41, 5.74) is 4.10. The van der Waals surface area contributed by atoms with Gasteiger partial charge in [-0.25, -0.2) is 0 Å². The normalized spacial score (nSPS) is 14.0. The molecular formula is C25H31NO5. The van der Waals surface area contributed by atoms with Crippen LogP contribution in [0.25, 0.3) is 0 Å². The van der Waals surface area contributed by atoms with Gasteiger partial charge in [0.25, 0.3) is 5.91 Å². The quantitative estimate of drug-likeness (QED) is 0.677. The minimum Gasteiger partial charge on any atom is -0.490 e. The van der Waals surface area contributed by atoms with Gasteiger partial charge in [-0.1, -0.05) is 38.1 Å². The summed E-state index contributed by atoms with van der Waals surface area (Å²) < 4.78 is 16.7. The molecule has 0 aliphatic carbocycles. The van der Waals surface area contributed by atoms with Gasteiger partial charge in [0.15, 0.2) is 18.1 Å². The summed E-state index contributed by atoms with van der Waals surface area (Å²) >= 11 is 0. The number of ether oxygens (including phenoxy) is 3. The number of carbonyl (C=O) groups is 2. The van der Waals surface area contributed by atoms with Crippen LogP contribution in [0.3, 0.4) is 0 Å². The van der Waals surface area contributed by atoms with Crippen LogP contribution in [0.2, 0.25) is 0 Å². The maximum absolute atomic E-state index is 12.5. The lowest BCUT2D eigenvalue weighted by molar-refractivity contribution is -0.148. The fourth-order valence-corrected chi connectivity index (χ4v) is 3.50. The Labute approximate surface area is 183 Å². The van der Waals surface area contributed by atoms with Crippen LogP contribution in [0.5, 0.6) is 11.5 Å². The summed E-state index contributed by atoms with van der Waals surface area (Å²) in [6.07, 6.45) is 0.978. The number of hydrogen-bond donors (Lipinski definition) is 1. The van der Waals surface area contributed by atoms with Crippen molar-refractivity contribution in [1.29, 1.82) is 0 Å². The third-order valence-corrected chi connectivity index (χ3v) is 5.40. The molecule has 0 fully saturated rings. The van der Waals surface area contributed by atoms with Gasteiger partial charge in [-0.2, -0.15) is 0 Å². The number of hydrogen-bond acceptors (Lipinski definition) is 5. The Balaban J connectivity index is 1.57. The molecule has 2 aromatic rings. The van der Waals surface area contributed by atoms with Crippen molar-refractivity contribution in [2.24, 2.45) is 5.92 Å². The lowest BCUT2D eigenvalue weighted by Gasteiger charge is -2.24. The van der Waals surface area contributed by atoms with Crippen LogP contribution in [0.1, 0.15) is 48.6 Å². The van der Waals surface area contributed by atoms with Gasteiger partial charge in [-0.3, -0.25) is 9.59 Å². The first-order chi connectivity index (χ1) is 14.8. The summed E-state index contributed by atoms with van der Waals surface area (Å²) in [6.45, 7) is 9.01. The molecule has 1 atom stereocenters. The number of nitrogens with one attached hydrogen (secondary N) is 1. The van der Waals surface area contributed by atoms with Crippen molar-refractivity contribution < 1.29 is 23.8 Å². The summed E-state index contributed by atoms with van der Waals surface area (Å²) in [4.78, 5) is 24.6. The van der Waals surface area contributed by atoms with Crippen LogP contribution in [0.15, 0.2) is 36.4 Å². The Kier molecular flexibility index (Phi) is 7.55. The highest BCUT2D eigenvalue weighted by atomic mass is 16.5. The molecule has 31 heavy (non-hydrogen) atoms. The Morgan fingerprint density at radius 2 is 1.74 bits per heavy atom. The molecule has 0 saturated heterocycles. The molecule has 166 valence electrons. The average molecular weight is 426 g/mol. The highest BCUT2D eigenvalue weighted by Crippen LogP contribution is 2.34. The maximum Gasteiger partial charge on any atom is 0.310 e. The molecule has 3 rings (SSSR count). The van der Waals surface area contributed by atoms with Crippen LogP contribution >= 0.6 is 0 Å². The van der Waals surface area contributed by atoms with Gasteiger partial charge in [-0.05, 0) is 54.2 Å². The van der Waals surface area contributed by atoms with Gasteiger partial charge in [0.2, 0.25) is 0 Å². The van der Waals surface area contributed by atoms with E-state index in [1.54, 1.807) is 0 Å². The molecule has 0 aromatic heterocycles. The van der Waals surface area contributed by atoms with Crippen molar-refractivity contribution in [3.8, 4) is 11.5 Å². The van der Waals surface area contributed by atoms with Crippen LogP contribution in [-0.2, 0) is 20.7 Å². The molecule has 1 aliphatic rings. The summed E-state index contributed by atoms with van der Waals surface area (Å²) in [5.74, 6) is 0.791. The highest BCUT2D eigenvalue weighted by molar-refractivity contribution is 5.81. The largest absolute Gasteiger partial charge is 0.490 e. The van der Waals surface area contributed by atoms with Gasteiger partial charge in [-0.15, -0.1) is 0 Å². The van der Waals surface area contributed by atoms with Crippen molar-refractivity contribution in [3.05, 3.63) is 58.7 Å². The predicted molar refractivity (Wildman–Crippen MR) is 118 cm³/mol. The van der Waals surface area contributed by atoms with Gasteiger partial charge < -0.3 is 19.5 Å². The number of aryl methyl sites for hydroxylation is 2. The molecule has 1 aliphatic heterocycles. The molecule has 1 amide bonds. The first kappa shape index (κ1) is 22.7. The Bertz CT molecular complexity index is 938. The van der Waals surface area contributed by atoms with E-state index >= 15 is 0 Å². The number of fused-ring (bicyclic) bond motifs is 1. The van der Waals surface area contributed by atoms with Crippen molar-refractivity contribution >= 4 is 11.9 Å². The van der Waals surface area contributed by atoms with Crippen LogP contribution in [-0.4, -0.2) is 31.7 Å². The Hall–Kier alpha value is -3.02. The summed E-state index contributed by atoms with van der Waals surface area (Å²) in [5, 5.41) is 2.98. The molecule has 1 heterocycles. The van der Waals surface area contributed by atoms with E-state index in [9.17, 15) is 9.59 Å². The van der Waals surface area contributed by atoms with E-state index in [0.29, 0.717) is 19.0 Å². The van der Waals surface area contributed by atoms with Gasteiger partial charge in [0, 0.05) is 6.42 Å². The number of amides is 1. The number of benzene rings is 2. The second-order valence-electron chi connectivity index (χ2n) is 8.30. The SMILES string of the molecule is Cc1ccc(CC(=O)OCC(=O)N[C@H](c2ccc3c(c2)OCCCO3)C(C)C)cc1C. The van der Waals surface area contributed by atoms with E-state index in [1.165, 1.54) is 5.56 Å². The third kappa shape index (κ3) is 6.23. The van der Waals surface area contributed by atoms with Crippen molar-refractivity contribution in [1.82, 2.24) is 5.32 Å². The molecule has 0 spiro atoms. The van der Waals surface area contributed by atoms with Crippen molar-refractivity contribution in [3.63, 3.8) is 0 Å². The van der Waals surface area contributed by atoms with E-state index in [1.807, 2.05) is 64.1 Å². The highest BCUT2D eigenvalue weighted by Gasteiger charge is 2.22. The van der Waals surface area contributed by atoms with E-state index in [2.05, 4.69) is 5.32 Å². The van der Waals surface area contributed by atoms with E-state index in [0.717, 1.165) is 28.9 Å². The van der Waals surface area contributed by atoms with Gasteiger partial charge in [0.1, 0.15) is 0 Å². The summed E-state index contributed by atoms with van der Waals surface area (Å²) in [6, 6.07) is 11.3. The Morgan fingerprint density at radius 1 is 1.00 bits per heavy atom. The smallest absolute Gasteiger partial charge is 0.310 e. The minimum absolute atomic E-state index is 0.139.